The lowest BCUT2D eigenvalue weighted by Crippen LogP contribution is -2.20. The van der Waals surface area contributed by atoms with Gasteiger partial charge in [-0.25, -0.2) is 4.98 Å². The van der Waals surface area contributed by atoms with Crippen molar-refractivity contribution in [1.29, 1.82) is 0 Å². The lowest BCUT2D eigenvalue weighted by Gasteiger charge is -2.13. The van der Waals surface area contributed by atoms with E-state index in [0.29, 0.717) is 56.4 Å². The predicted molar refractivity (Wildman–Crippen MR) is 169 cm³/mol. The van der Waals surface area contributed by atoms with E-state index >= 15 is 0 Å². The molecule has 0 saturated carbocycles. The van der Waals surface area contributed by atoms with Crippen LogP contribution in [0.3, 0.4) is 0 Å². The maximum absolute atomic E-state index is 12.8. The first kappa shape index (κ1) is 30.4. The second-order valence-corrected chi connectivity index (χ2v) is 10.7. The van der Waals surface area contributed by atoms with Crippen molar-refractivity contribution in [3.8, 4) is 51.3 Å². The molecule has 0 aliphatic rings. The van der Waals surface area contributed by atoms with E-state index in [1.165, 1.54) is 56.9 Å². The molecule has 0 saturated heterocycles. The van der Waals surface area contributed by atoms with Gasteiger partial charge < -0.3 is 23.7 Å². The van der Waals surface area contributed by atoms with Gasteiger partial charge in [-0.05, 0) is 60.5 Å². The third-order valence-electron chi connectivity index (χ3n) is 6.89. The number of hydrogen-bond donors (Lipinski definition) is 1. The smallest absolute Gasteiger partial charge is 0.264 e. The summed E-state index contributed by atoms with van der Waals surface area (Å²) in [7, 11) is 6.09. The maximum atomic E-state index is 12.8. The van der Waals surface area contributed by atoms with Gasteiger partial charge in [0, 0.05) is 18.1 Å². The van der Waals surface area contributed by atoms with Crippen LogP contribution in [0, 0.1) is 0 Å². The van der Waals surface area contributed by atoms with Gasteiger partial charge in [0.1, 0.15) is 0 Å². The summed E-state index contributed by atoms with van der Waals surface area (Å²) in [6.07, 6.45) is 0.906. The van der Waals surface area contributed by atoms with Gasteiger partial charge in [0.15, 0.2) is 34.7 Å². The molecule has 1 N–H and O–H groups in total. The number of amides is 1. The Labute approximate surface area is 258 Å². The SMILES string of the molecule is CCc1ccc2sc(NC(=O)COc3cc(-c4cc(-c5cc(OC)c(OC)c(OC)c5)nn4C(C)=O)ccc3OC)nc2c1. The number of carbonyl (C=O) groups is 2. The number of carbonyl (C=O) groups excluding carboxylic acids is 2. The van der Waals surface area contributed by atoms with E-state index in [1.807, 2.05) is 12.1 Å². The van der Waals surface area contributed by atoms with E-state index < -0.39 is 0 Å². The number of aromatic nitrogens is 3. The largest absolute Gasteiger partial charge is 0.493 e. The predicted octanol–water partition coefficient (Wildman–Crippen LogP) is 6.10. The molecule has 11 nitrogen and oxygen atoms in total. The summed E-state index contributed by atoms with van der Waals surface area (Å²) in [5.74, 6) is 1.44. The molecular formula is C32H32N4O7S. The maximum Gasteiger partial charge on any atom is 0.264 e. The second kappa shape index (κ2) is 13.0. The molecule has 5 aromatic rings. The molecule has 0 fully saturated rings. The molecule has 2 heterocycles. The minimum absolute atomic E-state index is 0.279. The van der Waals surface area contributed by atoms with Gasteiger partial charge in [-0.2, -0.15) is 9.78 Å². The third-order valence-corrected chi connectivity index (χ3v) is 7.84. The number of fused-ring (bicyclic) bond motifs is 1. The van der Waals surface area contributed by atoms with Crippen molar-refractivity contribution in [3.63, 3.8) is 0 Å². The number of hydrogen-bond acceptors (Lipinski definition) is 10. The monoisotopic (exact) mass is 616 g/mol. The molecule has 2 aromatic heterocycles. The molecule has 3 aromatic carbocycles. The van der Waals surface area contributed by atoms with E-state index in [1.54, 1.807) is 36.4 Å². The number of rotatable bonds is 11. The molecule has 0 atom stereocenters. The van der Waals surface area contributed by atoms with Gasteiger partial charge in [0.25, 0.3) is 5.91 Å². The van der Waals surface area contributed by atoms with Crippen LogP contribution in [0.2, 0.25) is 0 Å². The zero-order valence-electron chi connectivity index (χ0n) is 25.2. The number of nitrogens with zero attached hydrogens (tertiary/aromatic N) is 3. The van der Waals surface area contributed by atoms with Crippen molar-refractivity contribution in [2.45, 2.75) is 20.3 Å². The van der Waals surface area contributed by atoms with Gasteiger partial charge in [0.05, 0.1) is 50.0 Å². The number of benzene rings is 3. The van der Waals surface area contributed by atoms with Crippen molar-refractivity contribution in [3.05, 3.63) is 60.2 Å². The summed E-state index contributed by atoms with van der Waals surface area (Å²) >= 11 is 1.40. The van der Waals surface area contributed by atoms with E-state index in [2.05, 4.69) is 28.4 Å². The Kier molecular flexibility index (Phi) is 9.00. The summed E-state index contributed by atoms with van der Waals surface area (Å²) in [6.45, 7) is 3.23. The molecule has 228 valence electrons. The van der Waals surface area contributed by atoms with Crippen LogP contribution in [0.1, 0.15) is 24.2 Å². The van der Waals surface area contributed by atoms with Crippen LogP contribution in [0.25, 0.3) is 32.7 Å². The number of thiazole rings is 1. The fraction of sp³-hybridized carbons (Fsp3) is 0.250. The Morgan fingerprint density at radius 3 is 2.18 bits per heavy atom. The van der Waals surface area contributed by atoms with Crippen LogP contribution in [0.5, 0.6) is 28.7 Å². The Morgan fingerprint density at radius 1 is 0.841 bits per heavy atom. The quantitative estimate of drug-likeness (QED) is 0.187. The molecule has 5 rings (SSSR count). The van der Waals surface area contributed by atoms with Crippen molar-refractivity contribution < 1.29 is 33.3 Å². The molecule has 0 aliphatic carbocycles. The summed E-state index contributed by atoms with van der Waals surface area (Å²) < 4.78 is 30.1. The molecule has 0 bridgehead atoms. The standard InChI is InChI=1S/C32H32N4O7S/c1-7-19-8-11-29-23(12-19)33-32(44-29)34-30(38)17-43-26-13-20(9-10-25(26)39-3)24-16-22(35-36(24)18(2)37)21-14-27(40-4)31(42-6)28(15-21)41-5/h8-16H,7,17H2,1-6H3,(H,33,34,38). The lowest BCUT2D eigenvalue weighted by atomic mass is 10.1. The number of nitrogens with one attached hydrogen (secondary N) is 1. The van der Waals surface area contributed by atoms with Crippen molar-refractivity contribution in [2.24, 2.45) is 0 Å². The van der Waals surface area contributed by atoms with Gasteiger partial charge in [-0.15, -0.1) is 0 Å². The van der Waals surface area contributed by atoms with E-state index in [0.717, 1.165) is 16.6 Å². The highest BCUT2D eigenvalue weighted by Gasteiger charge is 2.20. The fourth-order valence-corrected chi connectivity index (χ4v) is 5.55. The van der Waals surface area contributed by atoms with E-state index in [9.17, 15) is 9.59 Å². The minimum Gasteiger partial charge on any atom is -0.493 e. The van der Waals surface area contributed by atoms with E-state index in [4.69, 9.17) is 23.7 Å². The highest BCUT2D eigenvalue weighted by molar-refractivity contribution is 7.22. The van der Waals surface area contributed by atoms with Crippen LogP contribution < -0.4 is 29.0 Å². The van der Waals surface area contributed by atoms with Crippen molar-refractivity contribution in [2.75, 3.05) is 40.4 Å². The molecule has 0 spiro atoms. The van der Waals surface area contributed by atoms with Crippen LogP contribution in [-0.2, 0) is 11.2 Å². The topological polar surface area (TPSA) is 123 Å². The Bertz CT molecular complexity index is 1820. The van der Waals surface area contributed by atoms with Gasteiger partial charge >= 0.3 is 0 Å². The van der Waals surface area contributed by atoms with Crippen LogP contribution in [-0.4, -0.2) is 61.6 Å². The van der Waals surface area contributed by atoms with Crippen LogP contribution in [0.4, 0.5) is 5.13 Å². The number of ether oxygens (including phenoxy) is 5. The summed E-state index contributed by atoms with van der Waals surface area (Å²) in [6, 6.07) is 16.6. The molecule has 12 heteroatoms. The third kappa shape index (κ3) is 6.16. The highest BCUT2D eigenvalue weighted by Crippen LogP contribution is 2.42. The first-order valence-corrected chi connectivity index (χ1v) is 14.5. The fourth-order valence-electron chi connectivity index (χ4n) is 4.69. The van der Waals surface area contributed by atoms with Gasteiger partial charge in [-0.1, -0.05) is 24.3 Å². The zero-order valence-corrected chi connectivity index (χ0v) is 26.0. The molecule has 0 radical (unpaired) electrons. The lowest BCUT2D eigenvalue weighted by molar-refractivity contribution is -0.118. The van der Waals surface area contributed by atoms with Gasteiger partial charge in [-0.3, -0.25) is 14.9 Å². The Balaban J connectivity index is 1.41. The number of anilines is 1. The van der Waals surface area contributed by atoms with Crippen LogP contribution in [0.15, 0.2) is 54.6 Å². The molecular weight excluding hydrogens is 584 g/mol. The first-order valence-electron chi connectivity index (χ1n) is 13.7. The summed E-state index contributed by atoms with van der Waals surface area (Å²) in [4.78, 5) is 30.0. The summed E-state index contributed by atoms with van der Waals surface area (Å²) in [5, 5.41) is 7.86. The number of aryl methyl sites for hydroxylation is 1. The van der Waals surface area contributed by atoms with Crippen molar-refractivity contribution in [1.82, 2.24) is 14.8 Å². The average Bonchev–Trinajstić information content (AvgIpc) is 3.67. The average molecular weight is 617 g/mol. The molecule has 0 unspecified atom stereocenters. The highest BCUT2D eigenvalue weighted by atomic mass is 32.1. The van der Waals surface area contributed by atoms with Crippen LogP contribution >= 0.6 is 11.3 Å². The Hall–Kier alpha value is -5.10. The summed E-state index contributed by atoms with van der Waals surface area (Å²) in [5.41, 5.74) is 4.32. The minimum atomic E-state index is -0.370. The normalized spacial score (nSPS) is 10.9. The Morgan fingerprint density at radius 2 is 1.55 bits per heavy atom. The van der Waals surface area contributed by atoms with Crippen molar-refractivity contribution >= 4 is 38.5 Å². The second-order valence-electron chi connectivity index (χ2n) is 9.64. The van der Waals surface area contributed by atoms with Gasteiger partial charge in [0.2, 0.25) is 11.7 Å². The number of methoxy groups -OCH3 is 4. The van der Waals surface area contributed by atoms with E-state index in [-0.39, 0.29) is 18.4 Å². The first-order chi connectivity index (χ1) is 21.3. The molecule has 1 amide bonds. The molecule has 0 aliphatic heterocycles. The zero-order chi connectivity index (χ0) is 31.4. The molecule has 44 heavy (non-hydrogen) atoms.